The molecule has 1 saturated heterocycles. The molecular formula is C33H36N6O3. The van der Waals surface area contributed by atoms with Crippen LogP contribution in [-0.4, -0.2) is 61.8 Å². The van der Waals surface area contributed by atoms with Crippen molar-refractivity contribution in [2.24, 2.45) is 24.6 Å². The Balaban J connectivity index is 1.37. The molecule has 9 heteroatoms. The van der Waals surface area contributed by atoms with Crippen LogP contribution in [0.5, 0.6) is 11.6 Å². The van der Waals surface area contributed by atoms with Crippen LogP contribution < -0.4 is 10.5 Å². The van der Waals surface area contributed by atoms with Gasteiger partial charge in [0.05, 0.1) is 23.8 Å². The Labute approximate surface area is 244 Å². The molecule has 1 aliphatic carbocycles. The van der Waals surface area contributed by atoms with E-state index in [9.17, 15) is 9.90 Å². The van der Waals surface area contributed by atoms with Gasteiger partial charge >= 0.3 is 0 Å². The highest BCUT2D eigenvalue weighted by atomic mass is 16.5. The van der Waals surface area contributed by atoms with Crippen LogP contribution in [-0.2, 0) is 13.6 Å². The molecule has 0 bridgehead atoms. The lowest BCUT2D eigenvalue weighted by atomic mass is 9.97. The van der Waals surface area contributed by atoms with E-state index in [1.807, 2.05) is 30.1 Å². The summed E-state index contributed by atoms with van der Waals surface area (Å²) in [7, 11) is 3.65. The van der Waals surface area contributed by atoms with Crippen molar-refractivity contribution in [3.05, 3.63) is 60.3 Å². The van der Waals surface area contributed by atoms with Crippen LogP contribution >= 0.6 is 0 Å². The predicted octanol–water partition coefficient (Wildman–Crippen LogP) is 5.19. The minimum Gasteiger partial charge on any atom is -0.494 e. The summed E-state index contributed by atoms with van der Waals surface area (Å²) in [5.74, 6) is 2.42. The molecule has 42 heavy (non-hydrogen) atoms. The molecule has 0 spiro atoms. The number of para-hydroxylation sites is 1. The standard InChI is InChI=1S/C33H36N6O3/c1-37-31-26(13-24(15-28(31)42-2)33(41)38-12-4-5-21(16-34)18-38)36-32(37)27-14-22-6-3-7-25(23-10-11-29(40)35-17-23)30(22)39(27)19-20-8-9-20/h3,6-7,10-11,13-15,17,20-21H,4-5,8-9,12,16,18-19,34H2,1-2H3,(H,35,40)/t21-/m0/s1. The number of aromatic nitrogens is 4. The Morgan fingerprint density at radius 3 is 2.69 bits per heavy atom. The molecule has 1 aliphatic heterocycles. The van der Waals surface area contributed by atoms with Gasteiger partial charge in [-0.05, 0) is 68.3 Å². The molecule has 9 nitrogen and oxygen atoms in total. The molecule has 0 unspecified atom stereocenters. The Morgan fingerprint density at radius 1 is 1.10 bits per heavy atom. The van der Waals surface area contributed by atoms with Crippen molar-refractivity contribution in [2.45, 2.75) is 32.2 Å². The zero-order chi connectivity index (χ0) is 29.0. The third kappa shape index (κ3) is 4.58. The van der Waals surface area contributed by atoms with Gasteiger partial charge in [0.25, 0.3) is 5.91 Å². The predicted molar refractivity (Wildman–Crippen MR) is 163 cm³/mol. The first-order valence-electron chi connectivity index (χ1n) is 14.8. The molecule has 2 fully saturated rings. The van der Waals surface area contributed by atoms with Crippen LogP contribution in [0.3, 0.4) is 0 Å². The Morgan fingerprint density at radius 2 is 1.95 bits per heavy atom. The first-order valence-corrected chi connectivity index (χ1v) is 14.8. The minimum atomic E-state index is -0.00412. The summed E-state index contributed by atoms with van der Waals surface area (Å²) in [6.45, 7) is 2.91. The highest BCUT2D eigenvalue weighted by molar-refractivity contribution is 6.01. The third-order valence-electron chi connectivity index (χ3n) is 8.89. The number of methoxy groups -OCH3 is 1. The first kappa shape index (κ1) is 26.5. The van der Waals surface area contributed by atoms with Crippen molar-refractivity contribution in [2.75, 3.05) is 26.7 Å². The molecule has 4 heterocycles. The van der Waals surface area contributed by atoms with Gasteiger partial charge in [0.2, 0.25) is 5.88 Å². The van der Waals surface area contributed by atoms with Crippen molar-refractivity contribution in [1.82, 2.24) is 24.0 Å². The van der Waals surface area contributed by atoms with Gasteiger partial charge in [-0.1, -0.05) is 18.2 Å². The van der Waals surface area contributed by atoms with Crippen LogP contribution in [0.2, 0.25) is 0 Å². The molecule has 3 N–H and O–H groups in total. The van der Waals surface area contributed by atoms with Gasteiger partial charge in [-0.2, -0.15) is 0 Å². The number of nitrogens with zero attached hydrogens (tertiary/aromatic N) is 5. The summed E-state index contributed by atoms with van der Waals surface area (Å²) in [5.41, 5.74) is 12.3. The van der Waals surface area contributed by atoms with Crippen LogP contribution in [0.4, 0.5) is 0 Å². The van der Waals surface area contributed by atoms with Gasteiger partial charge in [-0.25, -0.2) is 9.97 Å². The van der Waals surface area contributed by atoms with Crippen molar-refractivity contribution in [1.29, 1.82) is 0 Å². The van der Waals surface area contributed by atoms with E-state index in [0.717, 1.165) is 70.5 Å². The van der Waals surface area contributed by atoms with E-state index in [1.54, 1.807) is 19.4 Å². The normalized spacial score (nSPS) is 17.3. The molecule has 7 rings (SSSR count). The monoisotopic (exact) mass is 564 g/mol. The Bertz CT molecular complexity index is 1800. The number of piperidine rings is 1. The lowest BCUT2D eigenvalue weighted by molar-refractivity contribution is 0.0678. The van der Waals surface area contributed by atoms with E-state index >= 15 is 0 Å². The second-order valence-corrected chi connectivity index (χ2v) is 11.8. The van der Waals surface area contributed by atoms with Gasteiger partial charge in [0.15, 0.2) is 5.82 Å². The van der Waals surface area contributed by atoms with Crippen LogP contribution in [0.25, 0.3) is 44.6 Å². The highest BCUT2D eigenvalue weighted by Gasteiger charge is 2.28. The molecule has 2 aliphatic rings. The minimum absolute atomic E-state index is 0.00412. The Kier molecular flexibility index (Phi) is 6.61. The highest BCUT2D eigenvalue weighted by Crippen LogP contribution is 2.40. The number of ether oxygens (including phenoxy) is 1. The summed E-state index contributed by atoms with van der Waals surface area (Å²) in [6.07, 6.45) is 6.17. The van der Waals surface area contributed by atoms with E-state index in [0.29, 0.717) is 36.2 Å². The van der Waals surface area contributed by atoms with E-state index in [1.165, 1.54) is 12.8 Å². The van der Waals surface area contributed by atoms with Crippen molar-refractivity contribution >= 4 is 27.8 Å². The van der Waals surface area contributed by atoms with Gasteiger partial charge in [0, 0.05) is 61.0 Å². The van der Waals surface area contributed by atoms with Crippen LogP contribution in [0, 0.1) is 11.8 Å². The molecule has 216 valence electrons. The van der Waals surface area contributed by atoms with E-state index in [-0.39, 0.29) is 11.8 Å². The fourth-order valence-electron chi connectivity index (χ4n) is 6.48. The average Bonchev–Trinajstić information content (AvgIpc) is 3.68. The van der Waals surface area contributed by atoms with Gasteiger partial charge in [-0.15, -0.1) is 0 Å². The number of aromatic hydroxyl groups is 1. The Hall–Kier alpha value is -4.37. The zero-order valence-electron chi connectivity index (χ0n) is 24.1. The molecular weight excluding hydrogens is 528 g/mol. The number of pyridine rings is 1. The molecule has 3 aromatic heterocycles. The molecule has 1 saturated carbocycles. The maximum Gasteiger partial charge on any atom is 0.254 e. The van der Waals surface area contributed by atoms with E-state index in [4.69, 9.17) is 15.5 Å². The van der Waals surface area contributed by atoms with E-state index in [2.05, 4.69) is 38.4 Å². The molecule has 1 amide bonds. The number of nitrogens with two attached hydrogens (primary N) is 1. The number of aryl methyl sites for hydroxylation is 1. The fraction of sp³-hybridized carbons (Fsp3) is 0.364. The average molecular weight is 565 g/mol. The van der Waals surface area contributed by atoms with Gasteiger partial charge in [0.1, 0.15) is 11.3 Å². The van der Waals surface area contributed by atoms with Crippen LogP contribution in [0.1, 0.15) is 36.0 Å². The summed E-state index contributed by atoms with van der Waals surface area (Å²) in [4.78, 5) is 24.8. The number of rotatable bonds is 7. The second-order valence-electron chi connectivity index (χ2n) is 11.8. The number of amides is 1. The number of benzene rings is 2. The second kappa shape index (κ2) is 10.5. The quantitative estimate of drug-likeness (QED) is 0.281. The number of hydrogen-bond acceptors (Lipinski definition) is 6. The summed E-state index contributed by atoms with van der Waals surface area (Å²) >= 11 is 0. The maximum absolute atomic E-state index is 13.6. The molecule has 2 aromatic carbocycles. The number of likely N-dealkylation sites (tertiary alicyclic amines) is 1. The number of carbonyl (C=O) groups excluding carboxylic acids is 1. The lowest BCUT2D eigenvalue weighted by Crippen LogP contribution is -2.42. The number of fused-ring (bicyclic) bond motifs is 2. The number of imidazole rings is 1. The summed E-state index contributed by atoms with van der Waals surface area (Å²) < 4.78 is 10.3. The lowest BCUT2D eigenvalue weighted by Gasteiger charge is -2.32. The smallest absolute Gasteiger partial charge is 0.254 e. The summed E-state index contributed by atoms with van der Waals surface area (Å²) in [5, 5.41) is 10.9. The third-order valence-corrected chi connectivity index (χ3v) is 8.89. The van der Waals surface area contributed by atoms with Crippen molar-refractivity contribution < 1.29 is 14.6 Å². The largest absolute Gasteiger partial charge is 0.494 e. The zero-order valence-corrected chi connectivity index (χ0v) is 24.1. The molecule has 5 aromatic rings. The topological polar surface area (TPSA) is 111 Å². The van der Waals surface area contributed by atoms with Gasteiger partial charge < -0.3 is 29.6 Å². The fourth-order valence-corrected chi connectivity index (χ4v) is 6.48. The van der Waals surface area contributed by atoms with Crippen LogP contribution in [0.15, 0.2) is 54.7 Å². The SMILES string of the molecule is COc1cc(C(=O)N2CCC[C@@H](CN)C2)cc2nc(-c3cc4cccc(-c5ccc(O)nc5)c4n3CC3CC3)n(C)c12. The van der Waals surface area contributed by atoms with Crippen molar-refractivity contribution in [3.63, 3.8) is 0 Å². The maximum atomic E-state index is 13.6. The number of carbonyl (C=O) groups is 1. The molecule has 0 radical (unpaired) electrons. The number of hydrogen-bond donors (Lipinski definition) is 2. The van der Waals surface area contributed by atoms with Gasteiger partial charge in [-0.3, -0.25) is 4.79 Å². The van der Waals surface area contributed by atoms with Crippen molar-refractivity contribution in [3.8, 4) is 34.3 Å². The molecule has 1 atom stereocenters. The summed E-state index contributed by atoms with van der Waals surface area (Å²) in [6, 6.07) is 15.8. The van der Waals surface area contributed by atoms with E-state index < -0.39 is 0 Å². The first-order chi connectivity index (χ1) is 20.4.